The van der Waals surface area contributed by atoms with Crippen molar-refractivity contribution in [1.82, 2.24) is 9.55 Å². The predicted octanol–water partition coefficient (Wildman–Crippen LogP) is 2.25. The van der Waals surface area contributed by atoms with Crippen molar-refractivity contribution in [1.29, 1.82) is 0 Å². The molecule has 0 fully saturated rings. The molecule has 4 rings (SSSR count). The van der Waals surface area contributed by atoms with Crippen LogP contribution in [0.3, 0.4) is 0 Å². The molecule has 0 bridgehead atoms. The molecule has 1 heterocycles. The third kappa shape index (κ3) is 3.15. The number of aromatic nitrogens is 2. The number of benzene rings is 2. The van der Waals surface area contributed by atoms with Crippen LogP contribution >= 0.6 is 0 Å². The van der Waals surface area contributed by atoms with Gasteiger partial charge in [0, 0.05) is 12.2 Å². The van der Waals surface area contributed by atoms with Crippen LogP contribution in [0.5, 0.6) is 0 Å². The van der Waals surface area contributed by atoms with Crippen LogP contribution in [0, 0.1) is 0 Å². The van der Waals surface area contributed by atoms with Gasteiger partial charge in [0.1, 0.15) is 0 Å². The summed E-state index contributed by atoms with van der Waals surface area (Å²) in [5, 5.41) is 3.14. The first-order valence-electron chi connectivity index (χ1n) is 8.57. The maximum Gasteiger partial charge on any atom is 0.326 e. The van der Waals surface area contributed by atoms with Crippen molar-refractivity contribution in [3.63, 3.8) is 0 Å². The molecule has 0 saturated carbocycles. The van der Waals surface area contributed by atoms with E-state index in [2.05, 4.69) is 27.4 Å². The van der Waals surface area contributed by atoms with Gasteiger partial charge in [-0.1, -0.05) is 18.2 Å². The Balaban J connectivity index is 1.43. The van der Waals surface area contributed by atoms with Crippen LogP contribution < -0.4 is 16.7 Å². The van der Waals surface area contributed by atoms with Gasteiger partial charge in [0.2, 0.25) is 0 Å². The van der Waals surface area contributed by atoms with Gasteiger partial charge in [-0.05, 0) is 54.7 Å². The summed E-state index contributed by atoms with van der Waals surface area (Å²) in [6, 6.07) is 14.0. The molecular formula is C19H21N5O. The zero-order valence-corrected chi connectivity index (χ0v) is 14.0. The van der Waals surface area contributed by atoms with Crippen molar-refractivity contribution in [3.05, 3.63) is 64.1 Å². The Bertz CT molecular complexity index is 998. The van der Waals surface area contributed by atoms with E-state index in [1.165, 1.54) is 24.0 Å². The zero-order valence-electron chi connectivity index (χ0n) is 14.0. The van der Waals surface area contributed by atoms with Gasteiger partial charge in [-0.2, -0.15) is 0 Å². The summed E-state index contributed by atoms with van der Waals surface area (Å²) in [5.74, 6) is 0.367. The van der Waals surface area contributed by atoms with Crippen molar-refractivity contribution in [2.45, 2.75) is 25.8 Å². The van der Waals surface area contributed by atoms with Crippen molar-refractivity contribution in [2.75, 3.05) is 11.9 Å². The number of anilines is 1. The molecule has 6 heteroatoms. The minimum atomic E-state index is -0.124. The molecule has 1 aliphatic carbocycles. The molecule has 4 N–H and O–H groups in total. The third-order valence-electron chi connectivity index (χ3n) is 4.66. The van der Waals surface area contributed by atoms with E-state index in [0.29, 0.717) is 19.0 Å². The second-order valence-corrected chi connectivity index (χ2v) is 6.33. The number of rotatable bonds is 4. The highest BCUT2D eigenvalue weighted by molar-refractivity contribution is 5.92. The number of H-pyrrole nitrogens is 1. The SMILES string of the molecule is NC(=NCCn1c(=O)[nH]c2ccccc21)Nc1ccc2c(c1)CCC2. The summed E-state index contributed by atoms with van der Waals surface area (Å²) in [4.78, 5) is 19.2. The fraction of sp³-hybridized carbons (Fsp3) is 0.263. The normalized spacial score (nSPS) is 14.0. The molecule has 1 aromatic heterocycles. The molecule has 0 unspecified atom stereocenters. The van der Waals surface area contributed by atoms with Gasteiger partial charge in [-0.15, -0.1) is 0 Å². The quantitative estimate of drug-likeness (QED) is 0.505. The molecule has 0 amide bonds. The standard InChI is InChI=1S/C19H21N5O/c20-18(22-15-9-8-13-4-3-5-14(13)12-15)21-10-11-24-17-7-2-1-6-16(17)23-19(24)25/h1-2,6-9,12H,3-5,10-11H2,(H,23,25)(H3,20,21,22). The third-order valence-corrected chi connectivity index (χ3v) is 4.66. The number of guanidine groups is 1. The van der Waals surface area contributed by atoms with E-state index in [1.807, 2.05) is 30.3 Å². The highest BCUT2D eigenvalue weighted by Gasteiger charge is 2.11. The Morgan fingerprint density at radius 2 is 2.04 bits per heavy atom. The maximum atomic E-state index is 12.0. The van der Waals surface area contributed by atoms with Crippen LogP contribution in [0.15, 0.2) is 52.3 Å². The number of hydrogen-bond donors (Lipinski definition) is 3. The van der Waals surface area contributed by atoms with Crippen LogP contribution in [0.4, 0.5) is 5.69 Å². The molecular weight excluding hydrogens is 314 g/mol. The number of para-hydroxylation sites is 2. The van der Waals surface area contributed by atoms with Crippen molar-refractivity contribution >= 4 is 22.7 Å². The fourth-order valence-electron chi connectivity index (χ4n) is 3.44. The lowest BCUT2D eigenvalue weighted by atomic mass is 10.1. The molecule has 128 valence electrons. The zero-order chi connectivity index (χ0) is 17.2. The Labute approximate surface area is 145 Å². The highest BCUT2D eigenvalue weighted by Crippen LogP contribution is 2.24. The van der Waals surface area contributed by atoms with Gasteiger partial charge >= 0.3 is 5.69 Å². The summed E-state index contributed by atoms with van der Waals surface area (Å²) in [6.07, 6.45) is 3.52. The summed E-state index contributed by atoms with van der Waals surface area (Å²) in [6.45, 7) is 0.918. The maximum absolute atomic E-state index is 12.0. The molecule has 0 spiro atoms. The van der Waals surface area contributed by atoms with Crippen LogP contribution in [0.1, 0.15) is 17.5 Å². The van der Waals surface area contributed by atoms with Gasteiger partial charge in [0.15, 0.2) is 5.96 Å². The van der Waals surface area contributed by atoms with Crippen molar-refractivity contribution in [2.24, 2.45) is 10.7 Å². The first-order chi connectivity index (χ1) is 12.2. The first-order valence-corrected chi connectivity index (χ1v) is 8.57. The molecule has 0 radical (unpaired) electrons. The van der Waals surface area contributed by atoms with Crippen LogP contribution in [-0.2, 0) is 19.4 Å². The van der Waals surface area contributed by atoms with Crippen LogP contribution in [0.25, 0.3) is 11.0 Å². The monoisotopic (exact) mass is 335 g/mol. The lowest BCUT2D eigenvalue weighted by Crippen LogP contribution is -2.24. The van der Waals surface area contributed by atoms with E-state index in [-0.39, 0.29) is 5.69 Å². The second kappa shape index (κ2) is 6.47. The minimum absolute atomic E-state index is 0.124. The molecule has 2 aromatic carbocycles. The van der Waals surface area contributed by atoms with Gasteiger partial charge in [-0.3, -0.25) is 9.56 Å². The lowest BCUT2D eigenvalue weighted by molar-refractivity contribution is 0.703. The van der Waals surface area contributed by atoms with E-state index >= 15 is 0 Å². The second-order valence-electron chi connectivity index (χ2n) is 6.33. The topological polar surface area (TPSA) is 88.2 Å². The summed E-state index contributed by atoms with van der Waals surface area (Å²) in [7, 11) is 0. The van der Waals surface area contributed by atoms with Crippen LogP contribution in [0.2, 0.25) is 0 Å². The number of nitrogens with one attached hydrogen (secondary N) is 2. The number of aromatic amines is 1. The number of aryl methyl sites for hydroxylation is 2. The van der Waals surface area contributed by atoms with Crippen LogP contribution in [-0.4, -0.2) is 22.1 Å². The Hall–Kier alpha value is -3.02. The summed E-state index contributed by atoms with van der Waals surface area (Å²) >= 11 is 0. The molecule has 1 aliphatic rings. The number of hydrogen-bond acceptors (Lipinski definition) is 2. The largest absolute Gasteiger partial charge is 0.370 e. The molecule has 25 heavy (non-hydrogen) atoms. The van der Waals surface area contributed by atoms with Crippen molar-refractivity contribution in [3.8, 4) is 0 Å². The Kier molecular flexibility index (Phi) is 4.01. The van der Waals surface area contributed by atoms with E-state index in [4.69, 9.17) is 5.73 Å². The van der Waals surface area contributed by atoms with Gasteiger partial charge in [0.25, 0.3) is 0 Å². The number of aliphatic imine (C=N–C) groups is 1. The molecule has 0 saturated heterocycles. The molecule has 3 aromatic rings. The number of nitrogens with zero attached hydrogens (tertiary/aromatic N) is 2. The first kappa shape index (κ1) is 15.5. The summed E-state index contributed by atoms with van der Waals surface area (Å²) in [5.41, 5.74) is 11.4. The fourth-order valence-corrected chi connectivity index (χ4v) is 3.44. The lowest BCUT2D eigenvalue weighted by Gasteiger charge is -2.08. The molecule has 6 nitrogen and oxygen atoms in total. The van der Waals surface area contributed by atoms with Crippen molar-refractivity contribution < 1.29 is 0 Å². The van der Waals surface area contributed by atoms with Gasteiger partial charge < -0.3 is 16.0 Å². The molecule has 0 aliphatic heterocycles. The summed E-state index contributed by atoms with van der Waals surface area (Å²) < 4.78 is 1.68. The van der Waals surface area contributed by atoms with Gasteiger partial charge in [-0.25, -0.2) is 4.79 Å². The van der Waals surface area contributed by atoms with E-state index in [1.54, 1.807) is 4.57 Å². The number of nitrogens with two attached hydrogens (primary N) is 1. The van der Waals surface area contributed by atoms with Gasteiger partial charge in [0.05, 0.1) is 17.6 Å². The van der Waals surface area contributed by atoms with E-state index in [9.17, 15) is 4.79 Å². The minimum Gasteiger partial charge on any atom is -0.370 e. The Morgan fingerprint density at radius 1 is 1.20 bits per heavy atom. The van der Waals surface area contributed by atoms with E-state index in [0.717, 1.165) is 23.1 Å². The van der Waals surface area contributed by atoms with E-state index < -0.39 is 0 Å². The highest BCUT2D eigenvalue weighted by atomic mass is 16.1. The predicted molar refractivity (Wildman–Crippen MR) is 101 cm³/mol. The molecule has 0 atom stereocenters. The Morgan fingerprint density at radius 3 is 2.96 bits per heavy atom. The smallest absolute Gasteiger partial charge is 0.326 e. The average molecular weight is 335 g/mol. The number of imidazole rings is 1. The number of fused-ring (bicyclic) bond motifs is 2. The average Bonchev–Trinajstić information content (AvgIpc) is 3.19.